The molecule has 0 bridgehead atoms. The minimum absolute atomic E-state index is 0.287. The van der Waals surface area contributed by atoms with Crippen LogP contribution in [-0.2, 0) is 0 Å². The van der Waals surface area contributed by atoms with Gasteiger partial charge in [0.15, 0.2) is 0 Å². The fourth-order valence-electron chi connectivity index (χ4n) is 1.12. The second kappa shape index (κ2) is 3.76. The van der Waals surface area contributed by atoms with E-state index >= 15 is 0 Å². The molecule has 0 aliphatic rings. The van der Waals surface area contributed by atoms with Gasteiger partial charge in [-0.3, -0.25) is 0 Å². The van der Waals surface area contributed by atoms with Crippen LogP contribution in [0.2, 0.25) is 0 Å². The van der Waals surface area contributed by atoms with Gasteiger partial charge >= 0.3 is 5.97 Å². The summed E-state index contributed by atoms with van der Waals surface area (Å²) in [5.74, 6) is -0.933. The number of rotatable bonds is 2. The Hall–Kier alpha value is -1.77. The van der Waals surface area contributed by atoms with E-state index in [2.05, 4.69) is 0 Å². The van der Waals surface area contributed by atoms with Crippen molar-refractivity contribution in [3.05, 3.63) is 41.2 Å². The van der Waals surface area contributed by atoms with Gasteiger partial charge in [-0.25, -0.2) is 4.79 Å². The van der Waals surface area contributed by atoms with Gasteiger partial charge in [0, 0.05) is 0 Å². The van der Waals surface area contributed by atoms with Crippen LogP contribution in [-0.4, -0.2) is 16.2 Å². The number of carboxylic acid groups (broad SMARTS) is 1. The molecule has 2 N–H and O–H groups in total. The summed E-state index contributed by atoms with van der Waals surface area (Å²) in [7, 11) is 0. The number of aliphatic hydroxyl groups excluding tert-OH is 1. The molecule has 0 atom stereocenters. The van der Waals surface area contributed by atoms with E-state index in [9.17, 15) is 4.79 Å². The SMILES string of the molecule is Cc1cc(/C=C\O)ccc1C(=O)O. The minimum Gasteiger partial charge on any atom is -0.516 e. The number of benzene rings is 1. The van der Waals surface area contributed by atoms with Gasteiger partial charge in [0.25, 0.3) is 0 Å². The molecule has 1 rings (SSSR count). The normalized spacial score (nSPS) is 10.5. The van der Waals surface area contributed by atoms with Crippen LogP contribution in [0.1, 0.15) is 21.5 Å². The zero-order valence-electron chi connectivity index (χ0n) is 7.19. The van der Waals surface area contributed by atoms with E-state index in [0.29, 0.717) is 5.56 Å². The van der Waals surface area contributed by atoms with E-state index in [-0.39, 0.29) is 5.56 Å². The Kier molecular flexibility index (Phi) is 2.69. The maximum absolute atomic E-state index is 10.6. The van der Waals surface area contributed by atoms with Crippen LogP contribution >= 0.6 is 0 Å². The first-order valence-electron chi connectivity index (χ1n) is 3.80. The molecule has 0 saturated carbocycles. The summed E-state index contributed by atoms with van der Waals surface area (Å²) in [6.07, 6.45) is 2.42. The zero-order valence-corrected chi connectivity index (χ0v) is 7.19. The second-order valence-corrected chi connectivity index (χ2v) is 2.70. The number of hydrogen-bond acceptors (Lipinski definition) is 2. The summed E-state index contributed by atoms with van der Waals surface area (Å²) in [6, 6.07) is 4.87. The van der Waals surface area contributed by atoms with Crippen LogP contribution in [0.4, 0.5) is 0 Å². The Bertz CT molecular complexity index is 353. The lowest BCUT2D eigenvalue weighted by molar-refractivity contribution is 0.0696. The van der Waals surface area contributed by atoms with Gasteiger partial charge in [0.2, 0.25) is 0 Å². The lowest BCUT2D eigenvalue weighted by Crippen LogP contribution is -1.99. The van der Waals surface area contributed by atoms with Gasteiger partial charge in [-0.1, -0.05) is 12.1 Å². The van der Waals surface area contributed by atoms with Crippen molar-refractivity contribution in [2.45, 2.75) is 6.92 Å². The highest BCUT2D eigenvalue weighted by atomic mass is 16.4. The van der Waals surface area contributed by atoms with Crippen molar-refractivity contribution in [3.63, 3.8) is 0 Å². The van der Waals surface area contributed by atoms with Crippen LogP contribution in [0.25, 0.3) is 6.08 Å². The molecule has 0 amide bonds. The number of carbonyl (C=O) groups is 1. The third-order valence-electron chi connectivity index (χ3n) is 1.75. The molecule has 0 unspecified atom stereocenters. The topological polar surface area (TPSA) is 57.5 Å². The van der Waals surface area contributed by atoms with E-state index in [4.69, 9.17) is 10.2 Å². The molecule has 3 nitrogen and oxygen atoms in total. The molecule has 0 spiro atoms. The van der Waals surface area contributed by atoms with Gasteiger partial charge in [0.05, 0.1) is 11.8 Å². The number of hydrogen-bond donors (Lipinski definition) is 2. The van der Waals surface area contributed by atoms with E-state index in [1.807, 2.05) is 0 Å². The Morgan fingerprint density at radius 2 is 2.15 bits per heavy atom. The van der Waals surface area contributed by atoms with Crippen LogP contribution in [0.3, 0.4) is 0 Å². The number of aliphatic hydroxyl groups is 1. The lowest BCUT2D eigenvalue weighted by Gasteiger charge is -2.00. The Morgan fingerprint density at radius 1 is 1.46 bits per heavy atom. The third-order valence-corrected chi connectivity index (χ3v) is 1.75. The maximum Gasteiger partial charge on any atom is 0.335 e. The van der Waals surface area contributed by atoms with Gasteiger partial charge in [0.1, 0.15) is 0 Å². The summed E-state index contributed by atoms with van der Waals surface area (Å²) < 4.78 is 0. The van der Waals surface area contributed by atoms with Crippen molar-refractivity contribution >= 4 is 12.0 Å². The first kappa shape index (κ1) is 9.32. The summed E-state index contributed by atoms with van der Waals surface area (Å²) in [5, 5.41) is 17.2. The first-order chi connectivity index (χ1) is 6.15. The number of aromatic carboxylic acids is 1. The predicted octanol–water partition coefficient (Wildman–Crippen LogP) is 2.22. The maximum atomic E-state index is 10.6. The monoisotopic (exact) mass is 178 g/mol. The predicted molar refractivity (Wildman–Crippen MR) is 49.8 cm³/mol. The molecule has 0 aliphatic heterocycles. The molecule has 0 saturated heterocycles. The van der Waals surface area contributed by atoms with Crippen molar-refractivity contribution in [2.24, 2.45) is 0 Å². The molecule has 0 heterocycles. The van der Waals surface area contributed by atoms with Crippen molar-refractivity contribution in [1.29, 1.82) is 0 Å². The van der Waals surface area contributed by atoms with Crippen LogP contribution in [0.5, 0.6) is 0 Å². The smallest absolute Gasteiger partial charge is 0.335 e. The fraction of sp³-hybridized carbons (Fsp3) is 0.100. The number of carboxylic acids is 1. The van der Waals surface area contributed by atoms with Crippen molar-refractivity contribution < 1.29 is 15.0 Å². The van der Waals surface area contributed by atoms with E-state index in [1.54, 1.807) is 19.1 Å². The second-order valence-electron chi connectivity index (χ2n) is 2.70. The zero-order chi connectivity index (χ0) is 9.84. The van der Waals surface area contributed by atoms with Crippen LogP contribution in [0.15, 0.2) is 24.5 Å². The van der Waals surface area contributed by atoms with E-state index in [1.165, 1.54) is 12.1 Å². The van der Waals surface area contributed by atoms with Gasteiger partial charge in [-0.05, 0) is 30.2 Å². The minimum atomic E-state index is -0.933. The molecule has 13 heavy (non-hydrogen) atoms. The van der Waals surface area contributed by atoms with Crippen LogP contribution in [0, 0.1) is 6.92 Å². The van der Waals surface area contributed by atoms with E-state index in [0.717, 1.165) is 11.8 Å². The molecule has 0 aromatic heterocycles. The molecular weight excluding hydrogens is 168 g/mol. The lowest BCUT2D eigenvalue weighted by atomic mass is 10.1. The van der Waals surface area contributed by atoms with E-state index < -0.39 is 5.97 Å². The largest absolute Gasteiger partial charge is 0.516 e. The highest BCUT2D eigenvalue weighted by molar-refractivity contribution is 5.89. The fourth-order valence-corrected chi connectivity index (χ4v) is 1.12. The Balaban J connectivity index is 3.12. The molecule has 0 radical (unpaired) electrons. The summed E-state index contributed by atoms with van der Waals surface area (Å²) in [6.45, 7) is 1.72. The highest BCUT2D eigenvalue weighted by Crippen LogP contribution is 2.11. The number of aryl methyl sites for hydroxylation is 1. The quantitative estimate of drug-likeness (QED) is 0.682. The summed E-state index contributed by atoms with van der Waals surface area (Å²) >= 11 is 0. The molecule has 3 heteroatoms. The highest BCUT2D eigenvalue weighted by Gasteiger charge is 2.05. The third kappa shape index (κ3) is 2.08. The van der Waals surface area contributed by atoms with Gasteiger partial charge < -0.3 is 10.2 Å². The average molecular weight is 178 g/mol. The summed E-state index contributed by atoms with van der Waals surface area (Å²) in [5.41, 5.74) is 1.75. The molecular formula is C10H10O3. The Morgan fingerprint density at radius 3 is 2.62 bits per heavy atom. The standard InChI is InChI=1S/C10H10O3/c1-7-6-8(4-5-11)2-3-9(7)10(12)13/h2-6,11H,1H3,(H,12,13)/b5-4-. The Labute approximate surface area is 76.0 Å². The van der Waals surface area contributed by atoms with Gasteiger partial charge in [-0.2, -0.15) is 0 Å². The van der Waals surface area contributed by atoms with Crippen LogP contribution < -0.4 is 0 Å². The molecule has 1 aromatic rings. The van der Waals surface area contributed by atoms with Crippen molar-refractivity contribution in [3.8, 4) is 0 Å². The first-order valence-corrected chi connectivity index (χ1v) is 3.80. The molecule has 0 aliphatic carbocycles. The molecule has 68 valence electrons. The van der Waals surface area contributed by atoms with Crippen molar-refractivity contribution in [2.75, 3.05) is 0 Å². The molecule has 1 aromatic carbocycles. The van der Waals surface area contributed by atoms with Crippen molar-refractivity contribution in [1.82, 2.24) is 0 Å². The summed E-state index contributed by atoms with van der Waals surface area (Å²) in [4.78, 5) is 10.6. The van der Waals surface area contributed by atoms with Gasteiger partial charge in [-0.15, -0.1) is 0 Å². The average Bonchev–Trinajstić information content (AvgIpc) is 2.04. The molecule has 0 fully saturated rings.